The largest absolute Gasteiger partial charge is 0.103 e. The van der Waals surface area contributed by atoms with Crippen molar-refractivity contribution in [3.8, 4) is 0 Å². The van der Waals surface area contributed by atoms with Crippen molar-refractivity contribution in [3.63, 3.8) is 0 Å². The minimum atomic E-state index is 0.959. The van der Waals surface area contributed by atoms with Gasteiger partial charge in [-0.25, -0.2) is 0 Å². The van der Waals surface area contributed by atoms with Crippen molar-refractivity contribution < 1.29 is 0 Å². The van der Waals surface area contributed by atoms with Crippen molar-refractivity contribution in [2.75, 3.05) is 0 Å². The van der Waals surface area contributed by atoms with Crippen molar-refractivity contribution in [3.05, 3.63) is 24.8 Å². The van der Waals surface area contributed by atoms with Gasteiger partial charge in [0, 0.05) is 0 Å². The lowest BCUT2D eigenvalue weighted by Gasteiger charge is -2.37. The van der Waals surface area contributed by atoms with Gasteiger partial charge in [0.05, 0.1) is 0 Å². The zero-order chi connectivity index (χ0) is 14.2. The molecule has 0 spiro atoms. The quantitative estimate of drug-likeness (QED) is 0.483. The molecule has 114 valence electrons. The maximum Gasteiger partial charge on any atom is -0.0325 e. The van der Waals surface area contributed by atoms with Gasteiger partial charge >= 0.3 is 0 Å². The monoisotopic (exact) mass is 274 g/mol. The molecule has 2 aliphatic rings. The Balaban J connectivity index is 1.65. The molecule has 0 radical (unpaired) electrons. The van der Waals surface area contributed by atoms with Crippen LogP contribution >= 0.6 is 0 Å². The van der Waals surface area contributed by atoms with Crippen LogP contribution in [0.4, 0.5) is 0 Å². The predicted molar refractivity (Wildman–Crippen MR) is 89.8 cm³/mol. The summed E-state index contributed by atoms with van der Waals surface area (Å²) in [6, 6.07) is 0. The summed E-state index contributed by atoms with van der Waals surface area (Å²) in [5.74, 6) is 4.12. The predicted octanol–water partition coefficient (Wildman–Crippen LogP) is 6.53. The van der Waals surface area contributed by atoms with Crippen LogP contribution in [0.15, 0.2) is 24.8 Å². The van der Waals surface area contributed by atoms with Gasteiger partial charge in [0.15, 0.2) is 0 Å². The van der Waals surface area contributed by atoms with E-state index in [4.69, 9.17) is 0 Å². The van der Waals surface area contributed by atoms with Gasteiger partial charge in [-0.3, -0.25) is 0 Å². The van der Waals surface area contributed by atoms with E-state index in [1.54, 1.807) is 0 Å². The zero-order valence-corrected chi connectivity index (χ0v) is 13.5. The first kappa shape index (κ1) is 15.9. The number of hydrogen-bond donors (Lipinski definition) is 0. The molecular formula is C20H34. The van der Waals surface area contributed by atoms with E-state index >= 15 is 0 Å². The van der Waals surface area contributed by atoms with Gasteiger partial charge in [0.2, 0.25) is 0 Å². The third-order valence-electron chi connectivity index (χ3n) is 5.93. The topological polar surface area (TPSA) is 0 Å². The molecule has 0 amide bonds. The van der Waals surface area contributed by atoms with Gasteiger partial charge in [0.25, 0.3) is 0 Å². The molecule has 20 heavy (non-hydrogen) atoms. The van der Waals surface area contributed by atoms with Crippen LogP contribution < -0.4 is 0 Å². The summed E-state index contributed by atoms with van der Waals surface area (Å²) in [5.41, 5.74) is 0. The summed E-state index contributed by atoms with van der Waals surface area (Å²) in [6.07, 6.45) is 22.7. The average molecular weight is 274 g/mol. The Kier molecular flexibility index (Phi) is 6.90. The molecule has 0 unspecified atom stereocenters. The fourth-order valence-corrected chi connectivity index (χ4v) is 4.58. The zero-order valence-electron chi connectivity index (χ0n) is 13.5. The maximum atomic E-state index is 3.90. The molecule has 2 fully saturated rings. The van der Waals surface area contributed by atoms with Crippen LogP contribution in [0, 0.1) is 23.7 Å². The van der Waals surface area contributed by atoms with Crippen LogP contribution in [0.3, 0.4) is 0 Å². The molecule has 0 aliphatic heterocycles. The third-order valence-corrected chi connectivity index (χ3v) is 5.93. The number of rotatable bonds is 6. The standard InChI is InChI=1S/C20H34/c1-3-5-6-8-18-11-15-20(16-12-18)19-13-9-17(7-4-2)10-14-19/h3-5,17-20H,2,6-16H2,1H3. The molecule has 0 nitrogen and oxygen atoms in total. The molecule has 2 rings (SSSR count). The highest BCUT2D eigenvalue weighted by atomic mass is 14.4. The van der Waals surface area contributed by atoms with Crippen molar-refractivity contribution in [1.82, 2.24) is 0 Å². The van der Waals surface area contributed by atoms with E-state index in [0.717, 1.165) is 23.7 Å². The van der Waals surface area contributed by atoms with Gasteiger partial charge in [-0.2, -0.15) is 0 Å². The highest BCUT2D eigenvalue weighted by molar-refractivity contribution is 4.85. The van der Waals surface area contributed by atoms with Crippen LogP contribution in [0.25, 0.3) is 0 Å². The lowest BCUT2D eigenvalue weighted by atomic mass is 9.68. The smallest absolute Gasteiger partial charge is 0.0325 e. The van der Waals surface area contributed by atoms with Crippen LogP contribution in [-0.4, -0.2) is 0 Å². The molecule has 0 aromatic carbocycles. The molecule has 0 aromatic heterocycles. The Morgan fingerprint density at radius 3 is 1.90 bits per heavy atom. The highest BCUT2D eigenvalue weighted by Crippen LogP contribution is 2.42. The Hall–Kier alpha value is -0.520. The first-order chi connectivity index (χ1) is 9.83. The first-order valence-corrected chi connectivity index (χ1v) is 9.05. The summed E-state index contributed by atoms with van der Waals surface area (Å²) < 4.78 is 0. The number of allylic oxidation sites excluding steroid dienone is 3. The first-order valence-electron chi connectivity index (χ1n) is 9.05. The third kappa shape index (κ3) is 4.79. The molecule has 0 atom stereocenters. The van der Waals surface area contributed by atoms with E-state index in [-0.39, 0.29) is 0 Å². The Morgan fingerprint density at radius 2 is 1.40 bits per heavy atom. The van der Waals surface area contributed by atoms with Crippen molar-refractivity contribution in [1.29, 1.82) is 0 Å². The Morgan fingerprint density at radius 1 is 0.850 bits per heavy atom. The summed E-state index contributed by atoms with van der Waals surface area (Å²) in [5, 5.41) is 0. The second kappa shape index (κ2) is 8.70. The van der Waals surface area contributed by atoms with Gasteiger partial charge < -0.3 is 0 Å². The van der Waals surface area contributed by atoms with Gasteiger partial charge in [-0.05, 0) is 88.4 Å². The normalized spacial score (nSPS) is 35.2. The van der Waals surface area contributed by atoms with Gasteiger partial charge in [-0.15, -0.1) is 6.58 Å². The summed E-state index contributed by atoms with van der Waals surface area (Å²) in [7, 11) is 0. The Labute approximate surface area is 126 Å². The average Bonchev–Trinajstić information content (AvgIpc) is 2.49. The fourth-order valence-electron chi connectivity index (χ4n) is 4.58. The van der Waals surface area contributed by atoms with Crippen molar-refractivity contribution in [2.24, 2.45) is 23.7 Å². The van der Waals surface area contributed by atoms with Crippen LogP contribution in [-0.2, 0) is 0 Å². The molecule has 0 heterocycles. The minimum Gasteiger partial charge on any atom is -0.103 e. The lowest BCUT2D eigenvalue weighted by Crippen LogP contribution is -2.25. The van der Waals surface area contributed by atoms with Crippen LogP contribution in [0.2, 0.25) is 0 Å². The van der Waals surface area contributed by atoms with E-state index in [1.807, 2.05) is 0 Å². The van der Waals surface area contributed by atoms with Crippen molar-refractivity contribution >= 4 is 0 Å². The van der Waals surface area contributed by atoms with E-state index in [2.05, 4.69) is 31.7 Å². The maximum absolute atomic E-state index is 3.90. The molecular weight excluding hydrogens is 240 g/mol. The molecule has 2 saturated carbocycles. The molecule has 0 heteroatoms. The summed E-state index contributed by atoms with van der Waals surface area (Å²) in [4.78, 5) is 0. The van der Waals surface area contributed by atoms with E-state index in [0.29, 0.717) is 0 Å². The van der Waals surface area contributed by atoms with Crippen LogP contribution in [0.5, 0.6) is 0 Å². The van der Waals surface area contributed by atoms with E-state index < -0.39 is 0 Å². The number of hydrogen-bond acceptors (Lipinski definition) is 0. The minimum absolute atomic E-state index is 0.959. The fraction of sp³-hybridized carbons (Fsp3) is 0.800. The van der Waals surface area contributed by atoms with E-state index in [1.165, 1.54) is 70.6 Å². The molecule has 0 N–H and O–H groups in total. The SMILES string of the molecule is C=CCC1CCC(C2CCC(CCC=CC)CC2)CC1. The lowest BCUT2D eigenvalue weighted by molar-refractivity contribution is 0.144. The van der Waals surface area contributed by atoms with Gasteiger partial charge in [-0.1, -0.05) is 31.1 Å². The molecule has 0 saturated heterocycles. The molecule has 2 aliphatic carbocycles. The van der Waals surface area contributed by atoms with Gasteiger partial charge in [0.1, 0.15) is 0 Å². The second-order valence-electron chi connectivity index (χ2n) is 7.23. The summed E-state index contributed by atoms with van der Waals surface area (Å²) in [6.45, 7) is 6.04. The molecule has 0 bridgehead atoms. The van der Waals surface area contributed by atoms with Crippen molar-refractivity contribution in [2.45, 2.75) is 77.6 Å². The van der Waals surface area contributed by atoms with E-state index in [9.17, 15) is 0 Å². The Bertz CT molecular complexity index is 285. The summed E-state index contributed by atoms with van der Waals surface area (Å²) >= 11 is 0. The second-order valence-corrected chi connectivity index (χ2v) is 7.23. The van der Waals surface area contributed by atoms with Crippen LogP contribution in [0.1, 0.15) is 77.6 Å². The molecule has 0 aromatic rings. The highest BCUT2D eigenvalue weighted by Gasteiger charge is 2.30.